The lowest BCUT2D eigenvalue weighted by Crippen LogP contribution is -2.31. The molecule has 2 aromatic carbocycles. The lowest BCUT2D eigenvalue weighted by atomic mass is 10.1. The maximum Gasteiger partial charge on any atom is 0.261 e. The molecule has 4 nitrogen and oxygen atoms in total. The summed E-state index contributed by atoms with van der Waals surface area (Å²) in [6.45, 7) is 4.31. The van der Waals surface area contributed by atoms with Crippen LogP contribution in [0.4, 0.5) is 0 Å². The van der Waals surface area contributed by atoms with Gasteiger partial charge in [0.15, 0.2) is 0 Å². The number of benzene rings is 2. The van der Waals surface area contributed by atoms with E-state index >= 15 is 0 Å². The third-order valence-corrected chi connectivity index (χ3v) is 4.44. The van der Waals surface area contributed by atoms with Crippen molar-refractivity contribution in [3.05, 3.63) is 70.8 Å². The fourth-order valence-electron chi connectivity index (χ4n) is 2.99. The Morgan fingerprint density at radius 3 is 2.17 bits per heavy atom. The first-order valence-corrected chi connectivity index (χ1v) is 8.39. The molecule has 0 saturated carbocycles. The van der Waals surface area contributed by atoms with Gasteiger partial charge in [0.05, 0.1) is 11.1 Å². The highest BCUT2D eigenvalue weighted by atomic mass is 16.2. The number of hydrogen-bond acceptors (Lipinski definition) is 3. The minimum Gasteiger partial charge on any atom is -0.313 e. The number of imide groups is 1. The molecule has 0 aromatic heterocycles. The van der Waals surface area contributed by atoms with Crippen LogP contribution in [0.1, 0.15) is 44.7 Å². The Balaban J connectivity index is 1.41. The second-order valence-electron chi connectivity index (χ2n) is 6.12. The largest absolute Gasteiger partial charge is 0.313 e. The van der Waals surface area contributed by atoms with Crippen LogP contribution in [0.3, 0.4) is 0 Å². The number of nitrogens with zero attached hydrogens (tertiary/aromatic N) is 1. The molecule has 0 aliphatic carbocycles. The highest BCUT2D eigenvalue weighted by Crippen LogP contribution is 2.22. The third kappa shape index (κ3) is 3.39. The molecule has 2 aromatic rings. The van der Waals surface area contributed by atoms with Gasteiger partial charge in [0.25, 0.3) is 11.8 Å². The summed E-state index contributed by atoms with van der Waals surface area (Å²) in [6.07, 6.45) is 1.74. The summed E-state index contributed by atoms with van der Waals surface area (Å²) in [5, 5.41) is 3.42. The van der Waals surface area contributed by atoms with E-state index in [-0.39, 0.29) is 11.8 Å². The molecule has 1 aliphatic rings. The number of rotatable bonds is 7. The SMILES string of the molecule is Cc1ccccc1CNCCCCN1C(=O)c2ccccc2C1=O. The van der Waals surface area contributed by atoms with Crippen molar-refractivity contribution in [2.24, 2.45) is 0 Å². The molecule has 0 atom stereocenters. The van der Waals surface area contributed by atoms with E-state index in [1.165, 1.54) is 16.0 Å². The molecule has 0 radical (unpaired) electrons. The molecule has 3 rings (SSSR count). The summed E-state index contributed by atoms with van der Waals surface area (Å²) in [5.74, 6) is -0.327. The van der Waals surface area contributed by atoms with Crippen molar-refractivity contribution in [1.29, 1.82) is 0 Å². The summed E-state index contributed by atoms with van der Waals surface area (Å²) in [7, 11) is 0. The molecule has 124 valence electrons. The highest BCUT2D eigenvalue weighted by molar-refractivity contribution is 6.21. The standard InChI is InChI=1S/C20H22N2O2/c1-15-8-2-3-9-16(15)14-21-12-6-7-13-22-19(23)17-10-4-5-11-18(17)20(22)24/h2-5,8-11,21H,6-7,12-14H2,1H3. The topological polar surface area (TPSA) is 49.4 Å². The summed E-state index contributed by atoms with van der Waals surface area (Å²) < 4.78 is 0. The van der Waals surface area contributed by atoms with Crippen molar-refractivity contribution in [3.8, 4) is 0 Å². The van der Waals surface area contributed by atoms with E-state index < -0.39 is 0 Å². The summed E-state index contributed by atoms with van der Waals surface area (Å²) in [4.78, 5) is 25.8. The van der Waals surface area contributed by atoms with Gasteiger partial charge < -0.3 is 5.32 Å². The average molecular weight is 322 g/mol. The van der Waals surface area contributed by atoms with Gasteiger partial charge in [0.2, 0.25) is 0 Å². The van der Waals surface area contributed by atoms with Crippen LogP contribution in [-0.2, 0) is 6.54 Å². The van der Waals surface area contributed by atoms with Gasteiger partial charge in [-0.15, -0.1) is 0 Å². The van der Waals surface area contributed by atoms with Gasteiger partial charge in [0.1, 0.15) is 0 Å². The molecule has 0 saturated heterocycles. The zero-order chi connectivity index (χ0) is 16.9. The molecule has 0 fully saturated rings. The second kappa shape index (κ2) is 7.41. The average Bonchev–Trinajstić information content (AvgIpc) is 2.84. The molecule has 1 N–H and O–H groups in total. The predicted molar refractivity (Wildman–Crippen MR) is 93.9 cm³/mol. The first kappa shape index (κ1) is 16.4. The van der Waals surface area contributed by atoms with Gasteiger partial charge >= 0.3 is 0 Å². The Morgan fingerprint density at radius 1 is 0.875 bits per heavy atom. The van der Waals surface area contributed by atoms with Gasteiger partial charge in [-0.05, 0) is 49.6 Å². The molecule has 0 bridgehead atoms. The Hall–Kier alpha value is -2.46. The van der Waals surface area contributed by atoms with Crippen LogP contribution < -0.4 is 5.32 Å². The zero-order valence-corrected chi connectivity index (χ0v) is 13.9. The second-order valence-corrected chi connectivity index (χ2v) is 6.12. The van der Waals surface area contributed by atoms with E-state index in [0.29, 0.717) is 17.7 Å². The lowest BCUT2D eigenvalue weighted by molar-refractivity contribution is 0.0651. The summed E-state index contributed by atoms with van der Waals surface area (Å²) in [5.41, 5.74) is 3.65. The first-order valence-electron chi connectivity index (χ1n) is 8.39. The monoisotopic (exact) mass is 322 g/mol. The van der Waals surface area contributed by atoms with Crippen LogP contribution in [0, 0.1) is 6.92 Å². The summed E-state index contributed by atoms with van der Waals surface area (Å²) >= 11 is 0. The normalized spacial score (nSPS) is 13.5. The van der Waals surface area contributed by atoms with Crippen molar-refractivity contribution in [1.82, 2.24) is 10.2 Å². The number of nitrogens with one attached hydrogen (secondary N) is 1. The molecule has 2 amide bonds. The number of hydrogen-bond donors (Lipinski definition) is 1. The van der Waals surface area contributed by atoms with Crippen molar-refractivity contribution in [2.45, 2.75) is 26.3 Å². The van der Waals surface area contributed by atoms with Crippen LogP contribution in [0.15, 0.2) is 48.5 Å². The smallest absolute Gasteiger partial charge is 0.261 e. The minimum atomic E-state index is -0.163. The van der Waals surface area contributed by atoms with E-state index in [1.807, 2.05) is 12.1 Å². The molecule has 4 heteroatoms. The van der Waals surface area contributed by atoms with Gasteiger partial charge in [-0.1, -0.05) is 36.4 Å². The van der Waals surface area contributed by atoms with Crippen molar-refractivity contribution in [3.63, 3.8) is 0 Å². The van der Waals surface area contributed by atoms with E-state index in [1.54, 1.807) is 24.3 Å². The van der Waals surface area contributed by atoms with E-state index in [2.05, 4.69) is 24.4 Å². The van der Waals surface area contributed by atoms with Crippen LogP contribution >= 0.6 is 0 Å². The third-order valence-electron chi connectivity index (χ3n) is 4.44. The van der Waals surface area contributed by atoms with Crippen LogP contribution in [0.25, 0.3) is 0 Å². The Kier molecular flexibility index (Phi) is 5.06. The zero-order valence-electron chi connectivity index (χ0n) is 13.9. The van der Waals surface area contributed by atoms with Crippen LogP contribution in [0.5, 0.6) is 0 Å². The highest BCUT2D eigenvalue weighted by Gasteiger charge is 2.34. The number of unbranched alkanes of at least 4 members (excludes halogenated alkanes) is 1. The molecule has 0 unspecified atom stereocenters. The number of carbonyl (C=O) groups is 2. The minimum absolute atomic E-state index is 0.163. The van der Waals surface area contributed by atoms with Crippen molar-refractivity contribution < 1.29 is 9.59 Å². The van der Waals surface area contributed by atoms with E-state index in [0.717, 1.165) is 25.9 Å². The Bertz CT molecular complexity index is 720. The van der Waals surface area contributed by atoms with Crippen molar-refractivity contribution in [2.75, 3.05) is 13.1 Å². The maximum atomic E-state index is 12.2. The van der Waals surface area contributed by atoms with Crippen molar-refractivity contribution >= 4 is 11.8 Å². The van der Waals surface area contributed by atoms with Gasteiger partial charge in [0, 0.05) is 13.1 Å². The van der Waals surface area contributed by atoms with Crippen LogP contribution in [-0.4, -0.2) is 29.8 Å². The number of amides is 2. The quantitative estimate of drug-likeness (QED) is 0.629. The fraction of sp³-hybridized carbons (Fsp3) is 0.300. The van der Waals surface area contributed by atoms with E-state index in [4.69, 9.17) is 0 Å². The fourth-order valence-corrected chi connectivity index (χ4v) is 2.99. The molecule has 1 heterocycles. The van der Waals surface area contributed by atoms with E-state index in [9.17, 15) is 9.59 Å². The maximum absolute atomic E-state index is 12.2. The Morgan fingerprint density at radius 2 is 1.50 bits per heavy atom. The molecule has 0 spiro atoms. The predicted octanol–water partition coefficient (Wildman–Crippen LogP) is 3.16. The summed E-state index contributed by atoms with van der Waals surface area (Å²) in [6, 6.07) is 15.4. The lowest BCUT2D eigenvalue weighted by Gasteiger charge is -2.13. The molecule has 1 aliphatic heterocycles. The first-order chi connectivity index (χ1) is 11.7. The molecular weight excluding hydrogens is 300 g/mol. The van der Waals surface area contributed by atoms with Gasteiger partial charge in [-0.25, -0.2) is 0 Å². The molecule has 24 heavy (non-hydrogen) atoms. The number of aryl methyl sites for hydroxylation is 1. The molecular formula is C20H22N2O2. The Labute approximate surface area is 142 Å². The number of fused-ring (bicyclic) bond motifs is 1. The van der Waals surface area contributed by atoms with Crippen LogP contribution in [0.2, 0.25) is 0 Å². The van der Waals surface area contributed by atoms with Gasteiger partial charge in [-0.2, -0.15) is 0 Å². The van der Waals surface area contributed by atoms with Gasteiger partial charge in [-0.3, -0.25) is 14.5 Å². The number of carbonyl (C=O) groups excluding carboxylic acids is 2.